The fraction of sp³-hybridized carbons (Fsp3) is 0.625. The molecule has 3 amide bonds. The van der Waals surface area contributed by atoms with Crippen LogP contribution >= 0.6 is 11.8 Å². The Balaban J connectivity index is 2.35. The largest absolute Gasteiger partial charge is 0.360 e. The Morgan fingerprint density at radius 3 is 2.56 bits per heavy atom. The maximum atomic E-state index is 12.3. The van der Waals surface area contributed by atoms with Crippen LogP contribution in [-0.2, 0) is 14.4 Å². The predicted octanol–water partition coefficient (Wildman–Crippen LogP) is 1.42. The van der Waals surface area contributed by atoms with Crippen molar-refractivity contribution < 1.29 is 18.9 Å². The maximum absolute atomic E-state index is 12.3. The summed E-state index contributed by atoms with van der Waals surface area (Å²) in [5, 5.41) is 9.03. The molecule has 0 fully saturated rings. The molecule has 0 aliphatic carbocycles. The van der Waals surface area contributed by atoms with Crippen molar-refractivity contribution >= 4 is 35.3 Å². The summed E-state index contributed by atoms with van der Waals surface area (Å²) in [6.45, 7) is 6.82. The average molecular weight is 370 g/mol. The minimum Gasteiger partial charge on any atom is -0.360 e. The third-order valence-electron chi connectivity index (χ3n) is 3.11. The summed E-state index contributed by atoms with van der Waals surface area (Å²) >= 11 is 1.20. The summed E-state index contributed by atoms with van der Waals surface area (Å²) in [4.78, 5) is 37.4. The highest BCUT2D eigenvalue weighted by atomic mass is 32.2. The molecule has 140 valence electrons. The molecule has 1 heterocycles. The highest BCUT2D eigenvalue weighted by molar-refractivity contribution is 8.00. The van der Waals surface area contributed by atoms with E-state index < -0.39 is 0 Å². The second-order valence-corrected chi connectivity index (χ2v) is 6.51. The summed E-state index contributed by atoms with van der Waals surface area (Å²) in [6, 6.07) is 1.62. The van der Waals surface area contributed by atoms with Gasteiger partial charge in [-0.2, -0.15) is 0 Å². The van der Waals surface area contributed by atoms with Crippen LogP contribution in [0.1, 0.15) is 32.4 Å². The molecule has 0 bridgehead atoms. The number of hydrogen-bond donors (Lipinski definition) is 2. The van der Waals surface area contributed by atoms with Crippen molar-refractivity contribution in [2.45, 2.75) is 33.6 Å². The standard InChI is InChI=1S/C16H26N4O4S/c1-4-6-17-14(21)9-20(7-5-2)16(23)11-25-10-15(22)18-13-8-12(3)24-19-13/h8H,4-7,9-11H2,1-3H3,(H,17,21)(H,18,19,22). The molecule has 8 nitrogen and oxygen atoms in total. The lowest BCUT2D eigenvalue weighted by Gasteiger charge is -2.21. The number of nitrogens with one attached hydrogen (secondary N) is 2. The second-order valence-electron chi connectivity index (χ2n) is 5.53. The van der Waals surface area contributed by atoms with Gasteiger partial charge < -0.3 is 20.1 Å². The summed E-state index contributed by atoms with van der Waals surface area (Å²) in [5.74, 6) is 0.668. The first-order valence-electron chi connectivity index (χ1n) is 8.31. The third kappa shape index (κ3) is 8.57. The molecule has 1 aromatic rings. The van der Waals surface area contributed by atoms with E-state index in [1.807, 2.05) is 13.8 Å². The van der Waals surface area contributed by atoms with Crippen LogP contribution in [0, 0.1) is 6.92 Å². The van der Waals surface area contributed by atoms with Gasteiger partial charge in [0.05, 0.1) is 18.1 Å². The fourth-order valence-corrected chi connectivity index (χ4v) is 2.70. The van der Waals surface area contributed by atoms with Gasteiger partial charge in [0.15, 0.2) is 5.82 Å². The smallest absolute Gasteiger partial charge is 0.239 e. The van der Waals surface area contributed by atoms with Gasteiger partial charge in [0.2, 0.25) is 17.7 Å². The van der Waals surface area contributed by atoms with Crippen LogP contribution in [-0.4, -0.2) is 58.9 Å². The molecular weight excluding hydrogens is 344 g/mol. The van der Waals surface area contributed by atoms with Gasteiger partial charge in [-0.3, -0.25) is 14.4 Å². The van der Waals surface area contributed by atoms with Gasteiger partial charge >= 0.3 is 0 Å². The highest BCUT2D eigenvalue weighted by Crippen LogP contribution is 2.09. The SMILES string of the molecule is CCCNC(=O)CN(CCC)C(=O)CSCC(=O)Nc1cc(C)on1. The molecule has 0 radical (unpaired) electrons. The fourth-order valence-electron chi connectivity index (χ4n) is 1.98. The molecule has 0 aliphatic heterocycles. The van der Waals surface area contributed by atoms with Crippen molar-refractivity contribution in [2.75, 3.05) is 36.5 Å². The van der Waals surface area contributed by atoms with Crippen molar-refractivity contribution in [3.05, 3.63) is 11.8 Å². The zero-order valence-corrected chi connectivity index (χ0v) is 15.8. The number of aryl methyl sites for hydroxylation is 1. The van der Waals surface area contributed by atoms with Crippen LogP contribution in [0.5, 0.6) is 0 Å². The van der Waals surface area contributed by atoms with Crippen LogP contribution in [0.25, 0.3) is 0 Å². The molecule has 9 heteroatoms. The summed E-state index contributed by atoms with van der Waals surface area (Å²) in [6.07, 6.45) is 1.62. The van der Waals surface area contributed by atoms with E-state index in [1.54, 1.807) is 13.0 Å². The Morgan fingerprint density at radius 1 is 1.20 bits per heavy atom. The van der Waals surface area contributed by atoms with E-state index in [2.05, 4.69) is 15.8 Å². The van der Waals surface area contributed by atoms with E-state index in [9.17, 15) is 14.4 Å². The lowest BCUT2D eigenvalue weighted by molar-refractivity contribution is -0.134. The van der Waals surface area contributed by atoms with Gasteiger partial charge in [-0.15, -0.1) is 11.8 Å². The van der Waals surface area contributed by atoms with E-state index in [0.717, 1.165) is 12.8 Å². The molecule has 1 aromatic heterocycles. The molecule has 0 atom stereocenters. The van der Waals surface area contributed by atoms with Crippen LogP contribution in [0.15, 0.2) is 10.6 Å². The number of rotatable bonds is 11. The van der Waals surface area contributed by atoms with Crippen LogP contribution in [0.4, 0.5) is 5.82 Å². The van der Waals surface area contributed by atoms with E-state index in [-0.39, 0.29) is 35.8 Å². The highest BCUT2D eigenvalue weighted by Gasteiger charge is 2.17. The van der Waals surface area contributed by atoms with Crippen molar-refractivity contribution in [1.82, 2.24) is 15.4 Å². The Kier molecular flexibility index (Phi) is 9.68. The van der Waals surface area contributed by atoms with E-state index >= 15 is 0 Å². The second kappa shape index (κ2) is 11.5. The first-order valence-corrected chi connectivity index (χ1v) is 9.47. The maximum Gasteiger partial charge on any atom is 0.239 e. The molecule has 0 saturated heterocycles. The van der Waals surface area contributed by atoms with Crippen molar-refractivity contribution in [2.24, 2.45) is 0 Å². The quantitative estimate of drug-likeness (QED) is 0.610. The molecule has 1 rings (SSSR count). The molecule has 0 spiro atoms. The number of hydrogen-bond acceptors (Lipinski definition) is 6. The molecule has 0 aromatic carbocycles. The average Bonchev–Trinajstić information content (AvgIpc) is 2.97. The molecule has 0 saturated carbocycles. The summed E-state index contributed by atoms with van der Waals surface area (Å²) < 4.78 is 4.86. The van der Waals surface area contributed by atoms with Gasteiger partial charge in [-0.1, -0.05) is 19.0 Å². The lowest BCUT2D eigenvalue weighted by atomic mass is 10.3. The molecular formula is C16H26N4O4S. The first-order chi connectivity index (χ1) is 12.0. The van der Waals surface area contributed by atoms with Gasteiger partial charge in [-0.05, 0) is 19.8 Å². The number of nitrogens with zero attached hydrogens (tertiary/aromatic N) is 2. The minimum absolute atomic E-state index is 0.0532. The van der Waals surface area contributed by atoms with Crippen LogP contribution < -0.4 is 10.6 Å². The Bertz CT molecular complexity index is 576. The molecule has 0 aliphatic rings. The number of anilines is 1. The number of amides is 3. The van der Waals surface area contributed by atoms with Crippen LogP contribution in [0.3, 0.4) is 0 Å². The van der Waals surface area contributed by atoms with Gasteiger partial charge in [0, 0.05) is 19.2 Å². The topological polar surface area (TPSA) is 105 Å². The lowest BCUT2D eigenvalue weighted by Crippen LogP contribution is -2.42. The monoisotopic (exact) mass is 370 g/mol. The molecule has 0 unspecified atom stereocenters. The summed E-state index contributed by atoms with van der Waals surface area (Å²) in [5.41, 5.74) is 0. The van der Waals surface area contributed by atoms with Crippen molar-refractivity contribution in [3.63, 3.8) is 0 Å². The van der Waals surface area contributed by atoms with E-state index in [4.69, 9.17) is 4.52 Å². The molecule has 2 N–H and O–H groups in total. The van der Waals surface area contributed by atoms with Gasteiger partial charge in [0.1, 0.15) is 5.76 Å². The van der Waals surface area contributed by atoms with Gasteiger partial charge in [0.25, 0.3) is 0 Å². The van der Waals surface area contributed by atoms with Crippen molar-refractivity contribution in [1.29, 1.82) is 0 Å². The number of carbonyl (C=O) groups excluding carboxylic acids is 3. The molecule has 25 heavy (non-hydrogen) atoms. The van der Waals surface area contributed by atoms with Crippen molar-refractivity contribution in [3.8, 4) is 0 Å². The Morgan fingerprint density at radius 2 is 1.96 bits per heavy atom. The summed E-state index contributed by atoms with van der Waals surface area (Å²) in [7, 11) is 0. The van der Waals surface area contributed by atoms with Crippen LogP contribution in [0.2, 0.25) is 0 Å². The third-order valence-corrected chi connectivity index (χ3v) is 4.02. The van der Waals surface area contributed by atoms with E-state index in [1.165, 1.54) is 16.7 Å². The zero-order chi connectivity index (χ0) is 18.7. The van der Waals surface area contributed by atoms with Gasteiger partial charge in [-0.25, -0.2) is 0 Å². The Labute approximate surface area is 152 Å². The first kappa shape index (κ1) is 21.0. The normalized spacial score (nSPS) is 10.4. The number of carbonyl (C=O) groups is 3. The predicted molar refractivity (Wildman–Crippen MR) is 97.4 cm³/mol. The Hall–Kier alpha value is -2.03. The van der Waals surface area contributed by atoms with E-state index in [0.29, 0.717) is 24.7 Å². The number of thioether (sulfide) groups is 1. The number of aromatic nitrogens is 1. The minimum atomic E-state index is -0.256. The zero-order valence-electron chi connectivity index (χ0n) is 15.0.